The van der Waals surface area contributed by atoms with E-state index in [4.69, 9.17) is 0 Å². The van der Waals surface area contributed by atoms with Crippen molar-refractivity contribution in [2.45, 2.75) is 89.9 Å². The summed E-state index contributed by atoms with van der Waals surface area (Å²) < 4.78 is 1.77. The summed E-state index contributed by atoms with van der Waals surface area (Å²) in [6, 6.07) is 8.87. The van der Waals surface area contributed by atoms with E-state index < -0.39 is 11.5 Å². The van der Waals surface area contributed by atoms with Crippen molar-refractivity contribution in [3.8, 4) is 0 Å². The Morgan fingerprint density at radius 2 is 1.68 bits per heavy atom. The monoisotopic (exact) mass is 423 g/mol. The summed E-state index contributed by atoms with van der Waals surface area (Å²) in [7, 11) is 0. The van der Waals surface area contributed by atoms with Crippen LogP contribution in [0.25, 0.3) is 11.0 Å². The van der Waals surface area contributed by atoms with E-state index in [1.807, 2.05) is 18.2 Å². The van der Waals surface area contributed by atoms with Crippen molar-refractivity contribution in [3.05, 3.63) is 40.3 Å². The third-order valence-corrected chi connectivity index (χ3v) is 8.23. The lowest BCUT2D eigenvalue weighted by atomic mass is 9.71. The standard InChI is InChI=1S/C25H33N3O3/c1-25(2,3)15-8-10-16(11-9-15)27-17-12-13-20(27)21(14-17)28-19-7-5-4-6-18(19)26-22(23(28)29)24(30)31/h4-7,15-17,20-21H,8-14H2,1-3H3,(H,30,31)/t15?,16?,17-,20+,21+/m0/s1. The number of nitrogens with zero attached hydrogens (tertiary/aromatic N) is 3. The number of carboxylic acids is 1. The Hall–Kier alpha value is -2.21. The van der Waals surface area contributed by atoms with E-state index in [-0.39, 0.29) is 11.7 Å². The lowest BCUT2D eigenvalue weighted by molar-refractivity contribution is 0.0686. The third kappa shape index (κ3) is 3.39. The first-order valence-electron chi connectivity index (χ1n) is 11.8. The summed E-state index contributed by atoms with van der Waals surface area (Å²) in [5.41, 5.74) is 0.887. The maximum absolute atomic E-state index is 13.2. The van der Waals surface area contributed by atoms with Gasteiger partial charge in [0.05, 0.1) is 17.1 Å². The largest absolute Gasteiger partial charge is 0.476 e. The van der Waals surface area contributed by atoms with E-state index >= 15 is 0 Å². The smallest absolute Gasteiger partial charge is 0.360 e. The molecular formula is C25H33N3O3. The van der Waals surface area contributed by atoms with Crippen molar-refractivity contribution in [1.82, 2.24) is 14.5 Å². The number of benzene rings is 1. The van der Waals surface area contributed by atoms with Crippen molar-refractivity contribution in [2.75, 3.05) is 0 Å². The molecule has 0 amide bonds. The van der Waals surface area contributed by atoms with Crippen LogP contribution < -0.4 is 5.56 Å². The quantitative estimate of drug-likeness (QED) is 0.788. The number of aromatic carboxylic acids is 1. The van der Waals surface area contributed by atoms with Crippen LogP contribution in [-0.2, 0) is 0 Å². The second-order valence-corrected chi connectivity index (χ2v) is 10.8. The molecule has 166 valence electrons. The van der Waals surface area contributed by atoms with Crippen molar-refractivity contribution < 1.29 is 9.90 Å². The van der Waals surface area contributed by atoms with E-state index in [0.29, 0.717) is 29.1 Å². The molecule has 3 aliphatic rings. The van der Waals surface area contributed by atoms with Gasteiger partial charge in [-0.05, 0) is 68.4 Å². The highest BCUT2D eigenvalue weighted by Gasteiger charge is 2.51. The van der Waals surface area contributed by atoms with Crippen LogP contribution >= 0.6 is 0 Å². The van der Waals surface area contributed by atoms with Crippen LogP contribution in [0.2, 0.25) is 0 Å². The van der Waals surface area contributed by atoms with Gasteiger partial charge in [0, 0.05) is 18.1 Å². The Bertz CT molecular complexity index is 1060. The van der Waals surface area contributed by atoms with Gasteiger partial charge in [0.2, 0.25) is 5.69 Å². The van der Waals surface area contributed by atoms with Crippen LogP contribution in [-0.4, -0.2) is 43.7 Å². The van der Waals surface area contributed by atoms with Crippen molar-refractivity contribution in [1.29, 1.82) is 0 Å². The lowest BCUT2D eigenvalue weighted by Gasteiger charge is -2.41. The van der Waals surface area contributed by atoms with Gasteiger partial charge >= 0.3 is 5.97 Å². The molecule has 1 aliphatic carbocycles. The van der Waals surface area contributed by atoms with Crippen LogP contribution in [0.4, 0.5) is 0 Å². The molecule has 31 heavy (non-hydrogen) atoms. The van der Waals surface area contributed by atoms with Gasteiger partial charge in [0.15, 0.2) is 0 Å². The molecule has 0 unspecified atom stereocenters. The van der Waals surface area contributed by atoms with Gasteiger partial charge in [0.1, 0.15) is 0 Å². The molecule has 0 spiro atoms. The van der Waals surface area contributed by atoms with E-state index in [2.05, 4.69) is 30.7 Å². The minimum Gasteiger partial charge on any atom is -0.476 e. The minimum atomic E-state index is -1.25. The lowest BCUT2D eigenvalue weighted by Crippen LogP contribution is -2.44. The zero-order chi connectivity index (χ0) is 21.9. The van der Waals surface area contributed by atoms with Gasteiger partial charge in [0.25, 0.3) is 5.56 Å². The van der Waals surface area contributed by atoms with Gasteiger partial charge in [-0.3, -0.25) is 14.3 Å². The highest BCUT2D eigenvalue weighted by atomic mass is 16.4. The Balaban J connectivity index is 1.48. The van der Waals surface area contributed by atoms with Gasteiger partial charge in [-0.1, -0.05) is 32.9 Å². The maximum Gasteiger partial charge on any atom is 0.360 e. The predicted molar refractivity (Wildman–Crippen MR) is 120 cm³/mol. The SMILES string of the molecule is CC(C)(C)C1CCC(N2[C@H]3CC[C@@H]2[C@H](n2c(=O)c(C(=O)O)nc4ccccc42)C3)CC1. The molecule has 1 aromatic heterocycles. The molecule has 1 N–H and O–H groups in total. The number of para-hydroxylation sites is 2. The molecule has 6 nitrogen and oxygen atoms in total. The van der Waals surface area contributed by atoms with E-state index in [9.17, 15) is 14.7 Å². The van der Waals surface area contributed by atoms with Gasteiger partial charge in [-0.15, -0.1) is 0 Å². The highest BCUT2D eigenvalue weighted by molar-refractivity contribution is 5.88. The van der Waals surface area contributed by atoms with Crippen LogP contribution in [0.15, 0.2) is 29.1 Å². The van der Waals surface area contributed by atoms with E-state index in [1.54, 1.807) is 10.6 Å². The predicted octanol–water partition coefficient (Wildman–Crippen LogP) is 4.48. The highest BCUT2D eigenvalue weighted by Crippen LogP contribution is 2.49. The number of carbonyl (C=O) groups is 1. The molecule has 2 saturated heterocycles. The fourth-order valence-corrected chi connectivity index (χ4v) is 6.71. The molecule has 1 aromatic carbocycles. The Morgan fingerprint density at radius 1 is 1.00 bits per heavy atom. The molecule has 1 saturated carbocycles. The molecule has 2 aliphatic heterocycles. The average Bonchev–Trinajstić information content (AvgIpc) is 3.30. The fourth-order valence-electron chi connectivity index (χ4n) is 6.71. The topological polar surface area (TPSA) is 75.4 Å². The number of aromatic nitrogens is 2. The first-order valence-corrected chi connectivity index (χ1v) is 11.8. The summed E-state index contributed by atoms with van der Waals surface area (Å²) in [5, 5.41) is 9.58. The molecule has 2 aromatic rings. The van der Waals surface area contributed by atoms with Crippen LogP contribution in [0.1, 0.15) is 82.2 Å². The summed E-state index contributed by atoms with van der Waals surface area (Å²) in [6.07, 6.45) is 8.20. The second kappa shape index (κ2) is 7.44. The second-order valence-electron chi connectivity index (χ2n) is 10.8. The molecule has 3 heterocycles. The zero-order valence-corrected chi connectivity index (χ0v) is 18.8. The average molecular weight is 424 g/mol. The number of hydrogen-bond donors (Lipinski definition) is 1. The van der Waals surface area contributed by atoms with Gasteiger partial charge < -0.3 is 5.11 Å². The summed E-state index contributed by atoms with van der Waals surface area (Å²) in [6.45, 7) is 7.07. The number of hydrogen-bond acceptors (Lipinski definition) is 4. The number of rotatable bonds is 3. The third-order valence-electron chi connectivity index (χ3n) is 8.23. The molecule has 3 fully saturated rings. The first-order chi connectivity index (χ1) is 14.8. The minimum absolute atomic E-state index is 0.0255. The van der Waals surface area contributed by atoms with Crippen molar-refractivity contribution >= 4 is 17.0 Å². The molecule has 0 radical (unpaired) electrons. The molecule has 2 bridgehead atoms. The van der Waals surface area contributed by atoms with Crippen molar-refractivity contribution in [3.63, 3.8) is 0 Å². The van der Waals surface area contributed by atoms with E-state index in [1.165, 1.54) is 32.1 Å². The van der Waals surface area contributed by atoms with Crippen LogP contribution in [0, 0.1) is 11.3 Å². The van der Waals surface area contributed by atoms with Gasteiger partial charge in [-0.2, -0.15) is 0 Å². The fraction of sp³-hybridized carbons (Fsp3) is 0.640. The van der Waals surface area contributed by atoms with E-state index in [0.717, 1.165) is 24.3 Å². The summed E-state index contributed by atoms with van der Waals surface area (Å²) in [5.74, 6) is -0.463. The normalized spacial score (nSPS) is 31.4. The molecular weight excluding hydrogens is 390 g/mol. The Morgan fingerprint density at radius 3 is 2.35 bits per heavy atom. The summed E-state index contributed by atoms with van der Waals surface area (Å²) >= 11 is 0. The Labute approximate surface area is 183 Å². The van der Waals surface area contributed by atoms with Crippen LogP contribution in [0.5, 0.6) is 0 Å². The number of carboxylic acid groups (broad SMARTS) is 1. The van der Waals surface area contributed by atoms with Crippen LogP contribution in [0.3, 0.4) is 0 Å². The first kappa shape index (κ1) is 20.7. The molecule has 6 heteroatoms. The number of fused-ring (bicyclic) bond motifs is 3. The Kier molecular flexibility index (Phi) is 4.96. The van der Waals surface area contributed by atoms with Crippen molar-refractivity contribution in [2.24, 2.45) is 11.3 Å². The summed E-state index contributed by atoms with van der Waals surface area (Å²) in [4.78, 5) is 31.8. The van der Waals surface area contributed by atoms with Gasteiger partial charge in [-0.25, -0.2) is 9.78 Å². The zero-order valence-electron chi connectivity index (χ0n) is 18.8. The molecule has 5 rings (SSSR count). The maximum atomic E-state index is 13.2. The molecule has 3 atom stereocenters.